The minimum Gasteiger partial charge on any atom is -0.393 e. The number of aliphatic hydroxyl groups is 1. The molecule has 1 fully saturated rings. The second-order valence-electron chi connectivity index (χ2n) is 9.40. The third-order valence-electron chi connectivity index (χ3n) is 7.23. The Balaban J connectivity index is 1.44. The molecule has 0 aliphatic heterocycles. The van der Waals surface area contributed by atoms with Crippen LogP contribution < -0.4 is 11.2 Å². The molecule has 0 bridgehead atoms. The average molecular weight is 483 g/mol. The number of benzene rings is 3. The topological polar surface area (TPSA) is 84.3 Å². The minimum atomic E-state index is -0.837. The van der Waals surface area contributed by atoms with Gasteiger partial charge < -0.3 is 9.84 Å². The maximum absolute atomic E-state index is 12.3. The fourth-order valence-corrected chi connectivity index (χ4v) is 5.35. The van der Waals surface area contributed by atoms with Gasteiger partial charge in [-0.3, -0.25) is 14.3 Å². The van der Waals surface area contributed by atoms with E-state index in [1.54, 1.807) is 0 Å². The molecule has 6 heteroatoms. The van der Waals surface area contributed by atoms with Crippen molar-refractivity contribution in [1.29, 1.82) is 0 Å². The summed E-state index contributed by atoms with van der Waals surface area (Å²) in [6.07, 6.45) is 2.72. The maximum atomic E-state index is 12.3. The first-order valence-corrected chi connectivity index (χ1v) is 12.4. The first-order chi connectivity index (χ1) is 17.6. The molecule has 4 aromatic rings. The third-order valence-corrected chi connectivity index (χ3v) is 7.23. The van der Waals surface area contributed by atoms with Crippen LogP contribution >= 0.6 is 0 Å². The number of H-pyrrole nitrogens is 1. The van der Waals surface area contributed by atoms with E-state index in [1.165, 1.54) is 16.8 Å². The van der Waals surface area contributed by atoms with Crippen LogP contribution in [0.4, 0.5) is 0 Å². The number of rotatable bonds is 7. The van der Waals surface area contributed by atoms with E-state index in [4.69, 9.17) is 4.74 Å². The highest BCUT2D eigenvalue weighted by Gasteiger charge is 2.40. The smallest absolute Gasteiger partial charge is 0.328 e. The highest BCUT2D eigenvalue weighted by molar-refractivity contribution is 5.47. The Hall–Kier alpha value is -3.74. The van der Waals surface area contributed by atoms with Crippen molar-refractivity contribution in [1.82, 2.24) is 9.55 Å². The van der Waals surface area contributed by atoms with Crippen molar-refractivity contribution >= 4 is 0 Å². The van der Waals surface area contributed by atoms with Crippen LogP contribution in [0.3, 0.4) is 0 Å². The van der Waals surface area contributed by atoms with Crippen LogP contribution in [-0.2, 0) is 10.3 Å². The van der Waals surface area contributed by atoms with Gasteiger partial charge >= 0.3 is 5.69 Å². The molecule has 3 atom stereocenters. The Bertz CT molecular complexity index is 1290. The molecule has 1 aliphatic rings. The Morgan fingerprint density at radius 3 is 1.81 bits per heavy atom. The van der Waals surface area contributed by atoms with Crippen molar-refractivity contribution < 1.29 is 9.84 Å². The summed E-state index contributed by atoms with van der Waals surface area (Å²) in [5, 5.41) is 11.1. The zero-order valence-corrected chi connectivity index (χ0v) is 20.0. The lowest BCUT2D eigenvalue weighted by Crippen LogP contribution is -2.41. The van der Waals surface area contributed by atoms with E-state index in [0.717, 1.165) is 16.7 Å². The van der Waals surface area contributed by atoms with Gasteiger partial charge in [0.15, 0.2) is 0 Å². The molecule has 0 saturated heterocycles. The molecule has 1 aliphatic carbocycles. The van der Waals surface area contributed by atoms with E-state index >= 15 is 0 Å². The van der Waals surface area contributed by atoms with Crippen molar-refractivity contribution in [3.05, 3.63) is 141 Å². The summed E-state index contributed by atoms with van der Waals surface area (Å²) in [5.74, 6) is -0.0878. The first-order valence-electron chi connectivity index (χ1n) is 12.4. The molecular formula is C30H30N2O4. The normalized spacial score (nSPS) is 20.2. The highest BCUT2D eigenvalue weighted by Crippen LogP contribution is 2.42. The van der Waals surface area contributed by atoms with Crippen LogP contribution in [0.5, 0.6) is 0 Å². The second kappa shape index (κ2) is 10.5. The molecule has 1 saturated carbocycles. The van der Waals surface area contributed by atoms with E-state index in [2.05, 4.69) is 41.4 Å². The van der Waals surface area contributed by atoms with Crippen molar-refractivity contribution in [2.75, 3.05) is 6.61 Å². The predicted octanol–water partition coefficient (Wildman–Crippen LogP) is 4.25. The van der Waals surface area contributed by atoms with Gasteiger partial charge in [-0.1, -0.05) is 91.0 Å². The number of nitrogens with zero attached hydrogens (tertiary/aromatic N) is 1. The van der Waals surface area contributed by atoms with Gasteiger partial charge in [0.05, 0.1) is 12.7 Å². The monoisotopic (exact) mass is 482 g/mol. The Morgan fingerprint density at radius 2 is 1.33 bits per heavy atom. The first kappa shape index (κ1) is 24.0. The zero-order valence-electron chi connectivity index (χ0n) is 20.0. The Labute approximate surface area is 209 Å². The molecule has 0 amide bonds. The number of nitrogens with one attached hydrogen (secondary N) is 1. The predicted molar refractivity (Wildman–Crippen MR) is 139 cm³/mol. The van der Waals surface area contributed by atoms with Crippen LogP contribution in [0.2, 0.25) is 0 Å². The number of aliphatic hydroxyl groups excluding tert-OH is 1. The highest BCUT2D eigenvalue weighted by atomic mass is 16.5. The van der Waals surface area contributed by atoms with Gasteiger partial charge in [-0.2, -0.15) is 0 Å². The van der Waals surface area contributed by atoms with E-state index in [0.29, 0.717) is 25.9 Å². The summed E-state index contributed by atoms with van der Waals surface area (Å²) < 4.78 is 8.42. The molecule has 1 heterocycles. The van der Waals surface area contributed by atoms with E-state index in [9.17, 15) is 14.7 Å². The molecule has 36 heavy (non-hydrogen) atoms. The lowest BCUT2D eigenvalue weighted by atomic mass is 9.79. The summed E-state index contributed by atoms with van der Waals surface area (Å²) in [6.45, 7) is 0.354. The summed E-state index contributed by atoms with van der Waals surface area (Å²) in [6, 6.07) is 31.7. The molecule has 5 rings (SSSR count). The molecule has 0 radical (unpaired) electrons. The summed E-state index contributed by atoms with van der Waals surface area (Å²) in [7, 11) is 0. The van der Waals surface area contributed by atoms with Crippen molar-refractivity contribution in [3.63, 3.8) is 0 Å². The van der Waals surface area contributed by atoms with Crippen LogP contribution in [0.25, 0.3) is 0 Å². The Kier molecular flexibility index (Phi) is 6.98. The van der Waals surface area contributed by atoms with Gasteiger partial charge in [-0.25, -0.2) is 4.79 Å². The number of ether oxygens (including phenoxy) is 1. The molecule has 0 unspecified atom stereocenters. The molecular weight excluding hydrogens is 452 g/mol. The Morgan fingerprint density at radius 1 is 0.806 bits per heavy atom. The lowest BCUT2D eigenvalue weighted by molar-refractivity contribution is -0.0556. The van der Waals surface area contributed by atoms with Crippen molar-refractivity contribution in [2.24, 2.45) is 5.92 Å². The van der Waals surface area contributed by atoms with Crippen LogP contribution in [-0.4, -0.2) is 27.4 Å². The van der Waals surface area contributed by atoms with Crippen LogP contribution in [0.15, 0.2) is 113 Å². The van der Waals surface area contributed by atoms with Gasteiger partial charge in [0.1, 0.15) is 5.60 Å². The average Bonchev–Trinajstić information content (AvgIpc) is 2.92. The number of hydrogen-bond donors (Lipinski definition) is 2. The lowest BCUT2D eigenvalue weighted by Gasteiger charge is -2.39. The largest absolute Gasteiger partial charge is 0.393 e. The number of hydrogen-bond acceptors (Lipinski definition) is 4. The molecule has 2 N–H and O–H groups in total. The van der Waals surface area contributed by atoms with Gasteiger partial charge in [0.25, 0.3) is 5.56 Å². The standard InChI is InChI=1S/C30H30N2O4/c33-27-20-26(32-19-18-28(34)31-29(32)35)17-16-22(27)21-36-30(23-10-4-1-5-11-23,24-12-6-2-7-13-24)25-14-8-3-9-15-25/h1-15,18-19,22,26-27,33H,16-17,20-21H2,(H,31,34,35)/t22-,26+,27+/m0/s1. The van der Waals surface area contributed by atoms with Crippen molar-refractivity contribution in [2.45, 2.75) is 37.0 Å². The fourth-order valence-electron chi connectivity index (χ4n) is 5.35. The molecule has 1 aromatic heterocycles. The number of aromatic nitrogens is 2. The van der Waals surface area contributed by atoms with Gasteiger partial charge in [0, 0.05) is 24.2 Å². The fraction of sp³-hybridized carbons (Fsp3) is 0.267. The van der Waals surface area contributed by atoms with Crippen molar-refractivity contribution in [3.8, 4) is 0 Å². The molecule has 3 aromatic carbocycles. The molecule has 0 spiro atoms. The maximum Gasteiger partial charge on any atom is 0.328 e. The van der Waals surface area contributed by atoms with Crippen LogP contribution in [0.1, 0.15) is 42.0 Å². The number of aromatic amines is 1. The van der Waals surface area contributed by atoms with E-state index in [1.807, 2.05) is 54.6 Å². The van der Waals surface area contributed by atoms with Crippen LogP contribution in [0, 0.1) is 5.92 Å². The van der Waals surface area contributed by atoms with Gasteiger partial charge in [-0.05, 0) is 36.0 Å². The SMILES string of the molecule is O=c1ccn([C@@H]2CC[C@@H](COC(c3ccccc3)(c3ccccc3)c3ccccc3)[C@H](O)C2)c(=O)[nH]1. The quantitative estimate of drug-likeness (QED) is 0.386. The molecule has 6 nitrogen and oxygen atoms in total. The second-order valence-corrected chi connectivity index (χ2v) is 9.40. The summed E-state index contributed by atoms with van der Waals surface area (Å²) in [5.41, 5.74) is 1.36. The zero-order chi connectivity index (χ0) is 25.0. The summed E-state index contributed by atoms with van der Waals surface area (Å²) >= 11 is 0. The van der Waals surface area contributed by atoms with Gasteiger partial charge in [-0.15, -0.1) is 0 Å². The van der Waals surface area contributed by atoms with E-state index < -0.39 is 23.0 Å². The van der Waals surface area contributed by atoms with E-state index in [-0.39, 0.29) is 12.0 Å². The summed E-state index contributed by atoms with van der Waals surface area (Å²) in [4.78, 5) is 26.0. The minimum absolute atomic E-state index is 0.0878. The van der Waals surface area contributed by atoms with Gasteiger partial charge in [0.2, 0.25) is 0 Å². The third kappa shape index (κ3) is 4.70. The molecule has 184 valence electrons.